The third kappa shape index (κ3) is 3.82. The summed E-state index contributed by atoms with van der Waals surface area (Å²) in [5, 5.41) is -0.168. The minimum Gasteiger partial charge on any atom is -0.497 e. The van der Waals surface area contributed by atoms with Crippen LogP contribution in [0.1, 0.15) is 20.8 Å². The van der Waals surface area contributed by atoms with Gasteiger partial charge in [-0.3, -0.25) is 13.9 Å². The summed E-state index contributed by atoms with van der Waals surface area (Å²) in [5.74, 6) is 0.586. The van der Waals surface area contributed by atoms with Crippen LogP contribution in [0.2, 0.25) is 0 Å². The van der Waals surface area contributed by atoms with Crippen molar-refractivity contribution >= 4 is 12.9 Å². The first kappa shape index (κ1) is 20.2. The summed E-state index contributed by atoms with van der Waals surface area (Å²) in [5.41, 5.74) is -0.925. The normalized spacial score (nSPS) is 11.5. The lowest BCUT2D eigenvalue weighted by Gasteiger charge is -2.19. The summed E-state index contributed by atoms with van der Waals surface area (Å²) in [4.78, 5) is 25.7. The van der Waals surface area contributed by atoms with E-state index in [4.69, 9.17) is 13.8 Å². The van der Waals surface area contributed by atoms with E-state index in [1.807, 2.05) is 0 Å². The van der Waals surface area contributed by atoms with Gasteiger partial charge in [0.25, 0.3) is 5.56 Å². The van der Waals surface area contributed by atoms with Crippen LogP contribution in [0.15, 0.2) is 40.1 Å². The molecule has 0 radical (unpaired) electrons. The molecule has 2 rings (SSSR count). The second kappa shape index (κ2) is 8.49. The number of nitrogens with zero attached hydrogens (tertiary/aromatic N) is 2. The fraction of sp³-hybridized carbons (Fsp3) is 0.412. The van der Waals surface area contributed by atoms with Crippen molar-refractivity contribution in [2.75, 3.05) is 20.3 Å². The SMILES string of the molecule is CCOP(=O)(OCC)c1cn(CC)c(=O)n(-c2ccc(OC)cc2)c1=O. The first-order chi connectivity index (χ1) is 12.4. The molecule has 0 unspecified atom stereocenters. The van der Waals surface area contributed by atoms with Gasteiger partial charge < -0.3 is 13.8 Å². The first-order valence-corrected chi connectivity index (χ1v) is 9.86. The van der Waals surface area contributed by atoms with Gasteiger partial charge in [0.1, 0.15) is 11.1 Å². The molecule has 8 nitrogen and oxygen atoms in total. The largest absolute Gasteiger partial charge is 0.497 e. The zero-order valence-electron chi connectivity index (χ0n) is 15.3. The van der Waals surface area contributed by atoms with Crippen LogP contribution in [-0.2, 0) is 20.2 Å². The van der Waals surface area contributed by atoms with Gasteiger partial charge >= 0.3 is 13.3 Å². The lowest BCUT2D eigenvalue weighted by molar-refractivity contribution is 0.229. The molecule has 0 aliphatic carbocycles. The van der Waals surface area contributed by atoms with Crippen LogP contribution in [0.5, 0.6) is 5.75 Å². The quantitative estimate of drug-likeness (QED) is 0.648. The van der Waals surface area contributed by atoms with Crippen LogP contribution >= 0.6 is 7.60 Å². The standard InChI is InChI=1S/C17H23N2O6P/c1-5-18-12-15(26(22,24-6-2)25-7-3)16(20)19(17(18)21)13-8-10-14(23-4)11-9-13/h8-12H,5-7H2,1-4H3. The van der Waals surface area contributed by atoms with Crippen LogP contribution in [0, 0.1) is 0 Å². The molecule has 1 aromatic heterocycles. The number of rotatable bonds is 8. The predicted molar refractivity (Wildman–Crippen MR) is 99.0 cm³/mol. The smallest absolute Gasteiger partial charge is 0.368 e. The highest BCUT2D eigenvalue weighted by atomic mass is 31.2. The monoisotopic (exact) mass is 382 g/mol. The van der Waals surface area contributed by atoms with Gasteiger partial charge in [-0.05, 0) is 45.0 Å². The van der Waals surface area contributed by atoms with E-state index in [0.29, 0.717) is 18.0 Å². The fourth-order valence-corrected chi connectivity index (χ4v) is 4.13. The van der Waals surface area contributed by atoms with Crippen LogP contribution < -0.4 is 21.3 Å². The number of methoxy groups -OCH3 is 1. The van der Waals surface area contributed by atoms with Crippen molar-refractivity contribution in [2.45, 2.75) is 27.3 Å². The summed E-state index contributed by atoms with van der Waals surface area (Å²) in [6, 6.07) is 6.43. The maximum absolute atomic E-state index is 13.1. The molecule has 0 N–H and O–H groups in total. The Balaban J connectivity index is 2.78. The molecule has 142 valence electrons. The summed E-state index contributed by atoms with van der Waals surface area (Å²) in [6.45, 7) is 5.56. The highest BCUT2D eigenvalue weighted by molar-refractivity contribution is 7.62. The molecule has 1 aromatic carbocycles. The number of hydrogen-bond acceptors (Lipinski definition) is 6. The lowest BCUT2D eigenvalue weighted by atomic mass is 10.3. The van der Waals surface area contributed by atoms with E-state index in [1.54, 1.807) is 45.0 Å². The molecule has 0 aliphatic rings. The van der Waals surface area contributed by atoms with Gasteiger partial charge in [0, 0.05) is 12.7 Å². The van der Waals surface area contributed by atoms with Crippen molar-refractivity contribution in [1.82, 2.24) is 9.13 Å². The van der Waals surface area contributed by atoms with Gasteiger partial charge in [0.2, 0.25) is 0 Å². The van der Waals surface area contributed by atoms with Crippen molar-refractivity contribution < 1.29 is 18.3 Å². The van der Waals surface area contributed by atoms with Crippen molar-refractivity contribution in [3.63, 3.8) is 0 Å². The Labute approximate surface area is 151 Å². The van der Waals surface area contributed by atoms with E-state index in [9.17, 15) is 14.2 Å². The van der Waals surface area contributed by atoms with E-state index in [-0.39, 0.29) is 18.5 Å². The van der Waals surface area contributed by atoms with E-state index < -0.39 is 18.8 Å². The maximum atomic E-state index is 13.1. The number of benzene rings is 1. The molecule has 0 saturated carbocycles. The summed E-state index contributed by atoms with van der Waals surface area (Å²) >= 11 is 0. The van der Waals surface area contributed by atoms with Crippen LogP contribution in [0.4, 0.5) is 0 Å². The Hall–Kier alpha value is -2.15. The third-order valence-corrected chi connectivity index (χ3v) is 5.79. The minimum absolute atomic E-state index is 0.102. The fourth-order valence-electron chi connectivity index (χ4n) is 2.48. The number of ether oxygens (including phenoxy) is 1. The van der Waals surface area contributed by atoms with Gasteiger partial charge in [-0.2, -0.15) is 0 Å². The van der Waals surface area contributed by atoms with E-state index >= 15 is 0 Å². The van der Waals surface area contributed by atoms with E-state index in [1.165, 1.54) is 17.9 Å². The van der Waals surface area contributed by atoms with Gasteiger partial charge in [-0.25, -0.2) is 9.36 Å². The van der Waals surface area contributed by atoms with Gasteiger partial charge in [-0.1, -0.05) is 0 Å². The number of hydrogen-bond donors (Lipinski definition) is 0. The second-order valence-corrected chi connectivity index (χ2v) is 7.25. The Morgan fingerprint density at radius 3 is 2.04 bits per heavy atom. The molecule has 0 amide bonds. The second-order valence-electron chi connectivity index (χ2n) is 5.25. The molecule has 0 atom stereocenters. The van der Waals surface area contributed by atoms with Crippen molar-refractivity contribution in [3.8, 4) is 11.4 Å². The zero-order chi connectivity index (χ0) is 19.3. The summed E-state index contributed by atoms with van der Waals surface area (Å²) < 4.78 is 31.0. The molecular formula is C17H23N2O6P. The Kier molecular flexibility index (Phi) is 6.58. The van der Waals surface area contributed by atoms with Crippen LogP contribution in [0.3, 0.4) is 0 Å². The molecule has 0 aliphatic heterocycles. The summed E-state index contributed by atoms with van der Waals surface area (Å²) in [7, 11) is -2.33. The highest BCUT2D eigenvalue weighted by Crippen LogP contribution is 2.45. The lowest BCUT2D eigenvalue weighted by Crippen LogP contribution is -2.46. The Bertz CT molecular complexity index is 906. The maximum Gasteiger partial charge on any atom is 0.368 e. The number of aryl methyl sites for hydroxylation is 1. The average molecular weight is 382 g/mol. The van der Waals surface area contributed by atoms with E-state index in [2.05, 4.69) is 0 Å². The van der Waals surface area contributed by atoms with Crippen LogP contribution in [0.25, 0.3) is 5.69 Å². The molecule has 0 bridgehead atoms. The topological polar surface area (TPSA) is 88.8 Å². The van der Waals surface area contributed by atoms with Crippen LogP contribution in [-0.4, -0.2) is 29.5 Å². The van der Waals surface area contributed by atoms with Crippen molar-refractivity contribution in [3.05, 3.63) is 51.3 Å². The van der Waals surface area contributed by atoms with Crippen molar-refractivity contribution in [1.29, 1.82) is 0 Å². The molecule has 0 fully saturated rings. The molecule has 0 spiro atoms. The van der Waals surface area contributed by atoms with Crippen molar-refractivity contribution in [2.24, 2.45) is 0 Å². The molecule has 2 aromatic rings. The highest BCUT2D eigenvalue weighted by Gasteiger charge is 2.32. The van der Waals surface area contributed by atoms with Gasteiger partial charge in [-0.15, -0.1) is 0 Å². The average Bonchev–Trinajstić information content (AvgIpc) is 2.63. The molecular weight excluding hydrogens is 359 g/mol. The predicted octanol–water partition coefficient (Wildman–Crippen LogP) is 1.92. The Morgan fingerprint density at radius 2 is 1.58 bits per heavy atom. The minimum atomic E-state index is -3.85. The number of aromatic nitrogens is 2. The molecule has 26 heavy (non-hydrogen) atoms. The third-order valence-electron chi connectivity index (χ3n) is 3.70. The molecule has 9 heteroatoms. The molecule has 0 saturated heterocycles. The van der Waals surface area contributed by atoms with Gasteiger partial charge in [0.05, 0.1) is 26.0 Å². The van der Waals surface area contributed by atoms with Gasteiger partial charge in [0.15, 0.2) is 0 Å². The first-order valence-electron chi connectivity index (χ1n) is 8.32. The van der Waals surface area contributed by atoms with E-state index in [0.717, 1.165) is 4.57 Å². The Morgan fingerprint density at radius 1 is 1.00 bits per heavy atom. The zero-order valence-corrected chi connectivity index (χ0v) is 16.2. The summed E-state index contributed by atoms with van der Waals surface area (Å²) in [6.07, 6.45) is 1.26. The molecule has 1 heterocycles.